The maximum Gasteiger partial charge on any atom is 0.238 e. The maximum atomic E-state index is 12.1. The number of nitrogens with zero attached hydrogens (tertiary/aromatic N) is 2. The molecule has 0 saturated heterocycles. The third-order valence-corrected chi connectivity index (χ3v) is 5.09. The van der Waals surface area contributed by atoms with Gasteiger partial charge in [0.25, 0.3) is 0 Å². The van der Waals surface area contributed by atoms with Gasteiger partial charge < -0.3 is 14.3 Å². The summed E-state index contributed by atoms with van der Waals surface area (Å²) in [5, 5.41) is 6.67. The first-order chi connectivity index (χ1) is 12.8. The number of sulfone groups is 1. The molecule has 142 valence electrons. The van der Waals surface area contributed by atoms with Gasteiger partial charge in [-0.3, -0.25) is 4.79 Å². The Labute approximate surface area is 156 Å². The van der Waals surface area contributed by atoms with Crippen molar-refractivity contribution in [2.75, 3.05) is 6.26 Å². The number of amides is 1. The fourth-order valence-corrected chi connectivity index (χ4v) is 3.11. The van der Waals surface area contributed by atoms with Crippen LogP contribution in [0.15, 0.2) is 56.5 Å². The lowest BCUT2D eigenvalue weighted by Gasteiger charge is -2.14. The van der Waals surface area contributed by atoms with Crippen LogP contribution in [0.4, 0.5) is 0 Å². The Hall–Kier alpha value is -2.94. The van der Waals surface area contributed by atoms with Gasteiger partial charge in [-0.15, -0.1) is 0 Å². The van der Waals surface area contributed by atoms with Crippen LogP contribution in [0.3, 0.4) is 0 Å². The molecular weight excluding hydrogens is 370 g/mol. The Balaban J connectivity index is 1.53. The fourth-order valence-electron chi connectivity index (χ4n) is 2.48. The zero-order valence-electron chi connectivity index (χ0n) is 14.9. The molecule has 1 amide bonds. The van der Waals surface area contributed by atoms with E-state index in [0.717, 1.165) is 11.8 Å². The Morgan fingerprint density at radius 3 is 2.59 bits per heavy atom. The van der Waals surface area contributed by atoms with Gasteiger partial charge in [0.2, 0.25) is 17.6 Å². The van der Waals surface area contributed by atoms with E-state index in [9.17, 15) is 13.2 Å². The third kappa shape index (κ3) is 4.82. The maximum absolute atomic E-state index is 12.1. The smallest absolute Gasteiger partial charge is 0.238 e. The predicted molar refractivity (Wildman–Crippen MR) is 96.4 cm³/mol. The second kappa shape index (κ2) is 7.75. The number of hydrogen-bond acceptors (Lipinski definition) is 7. The normalized spacial score (nSPS) is 12.7. The Kier molecular flexibility index (Phi) is 5.41. The molecule has 0 bridgehead atoms. The largest absolute Gasteiger partial charge is 0.461 e. The Bertz CT molecular complexity index is 1010. The van der Waals surface area contributed by atoms with Gasteiger partial charge in [0, 0.05) is 19.1 Å². The molecule has 8 nitrogen and oxygen atoms in total. The van der Waals surface area contributed by atoms with Crippen LogP contribution in [0.25, 0.3) is 11.6 Å². The van der Waals surface area contributed by atoms with Crippen LogP contribution in [0, 0.1) is 0 Å². The number of rotatable bonds is 7. The van der Waals surface area contributed by atoms with Gasteiger partial charge in [-0.1, -0.05) is 17.3 Å². The minimum atomic E-state index is -3.24. The van der Waals surface area contributed by atoms with Crippen LogP contribution in [0.1, 0.15) is 30.8 Å². The molecule has 2 heterocycles. The molecule has 1 aromatic carbocycles. The van der Waals surface area contributed by atoms with E-state index in [1.54, 1.807) is 24.3 Å². The summed E-state index contributed by atoms with van der Waals surface area (Å²) in [5.41, 5.74) is 0.814. The van der Waals surface area contributed by atoms with Gasteiger partial charge in [0.15, 0.2) is 15.6 Å². The van der Waals surface area contributed by atoms with Gasteiger partial charge in [-0.2, -0.15) is 4.98 Å². The molecule has 2 aromatic heterocycles. The molecule has 3 aromatic rings. The summed E-state index contributed by atoms with van der Waals surface area (Å²) in [5.74, 6) is 1.02. The molecule has 0 spiro atoms. The number of benzene rings is 1. The van der Waals surface area contributed by atoms with Crippen LogP contribution < -0.4 is 5.32 Å². The lowest BCUT2D eigenvalue weighted by Crippen LogP contribution is -2.26. The predicted octanol–water partition coefficient (Wildman–Crippen LogP) is 2.54. The summed E-state index contributed by atoms with van der Waals surface area (Å²) < 4.78 is 33.3. The van der Waals surface area contributed by atoms with Gasteiger partial charge in [-0.25, -0.2) is 8.42 Å². The van der Waals surface area contributed by atoms with E-state index in [0.29, 0.717) is 23.9 Å². The number of aryl methyl sites for hydroxylation is 1. The molecule has 27 heavy (non-hydrogen) atoms. The highest BCUT2D eigenvalue weighted by Gasteiger charge is 2.15. The zero-order chi connectivity index (χ0) is 19.4. The highest BCUT2D eigenvalue weighted by molar-refractivity contribution is 7.90. The Morgan fingerprint density at radius 2 is 1.96 bits per heavy atom. The van der Waals surface area contributed by atoms with Gasteiger partial charge in [0.1, 0.15) is 0 Å². The molecule has 0 aliphatic carbocycles. The molecule has 1 unspecified atom stereocenters. The van der Waals surface area contributed by atoms with Gasteiger partial charge >= 0.3 is 0 Å². The molecule has 1 N–H and O–H groups in total. The number of carbonyl (C=O) groups is 1. The van der Waals surface area contributed by atoms with Crippen molar-refractivity contribution < 1.29 is 22.2 Å². The molecular formula is C18H19N3O5S. The molecule has 3 rings (SSSR count). The van der Waals surface area contributed by atoms with E-state index in [-0.39, 0.29) is 23.3 Å². The average molecular weight is 389 g/mol. The molecule has 0 aliphatic rings. The van der Waals surface area contributed by atoms with Crippen LogP contribution in [0.5, 0.6) is 0 Å². The van der Waals surface area contributed by atoms with Crippen molar-refractivity contribution in [3.8, 4) is 11.6 Å². The standard InChI is InChI=1S/C18H19N3O5S/c1-12(13-5-7-14(8-6-13)27(2,23)24)19-16(22)9-10-17-20-18(21-26-17)15-4-3-11-25-15/h3-8,11-12H,9-10H2,1-2H3,(H,19,22). The number of carbonyl (C=O) groups excluding carboxylic acids is 1. The third-order valence-electron chi connectivity index (χ3n) is 3.96. The summed E-state index contributed by atoms with van der Waals surface area (Å²) in [6.07, 6.45) is 3.16. The number of hydrogen-bond donors (Lipinski definition) is 1. The Morgan fingerprint density at radius 1 is 1.22 bits per heavy atom. The minimum absolute atomic E-state index is 0.174. The van der Waals surface area contributed by atoms with E-state index in [2.05, 4.69) is 15.5 Å². The van der Waals surface area contributed by atoms with Crippen LogP contribution in [-0.4, -0.2) is 30.7 Å². The molecule has 0 radical (unpaired) electrons. The van der Waals surface area contributed by atoms with Crippen molar-refractivity contribution in [2.45, 2.75) is 30.7 Å². The molecule has 0 fully saturated rings. The average Bonchev–Trinajstić information content (AvgIpc) is 3.30. The molecule has 0 aliphatic heterocycles. The minimum Gasteiger partial charge on any atom is -0.461 e. The van der Waals surface area contributed by atoms with E-state index < -0.39 is 9.84 Å². The van der Waals surface area contributed by atoms with E-state index in [1.165, 1.54) is 18.4 Å². The number of aromatic nitrogens is 2. The van der Waals surface area contributed by atoms with Gasteiger partial charge in [0.05, 0.1) is 17.2 Å². The lowest BCUT2D eigenvalue weighted by atomic mass is 10.1. The lowest BCUT2D eigenvalue weighted by molar-refractivity contribution is -0.121. The number of nitrogens with one attached hydrogen (secondary N) is 1. The van der Waals surface area contributed by atoms with Crippen molar-refractivity contribution in [3.05, 3.63) is 54.1 Å². The molecule has 1 atom stereocenters. The van der Waals surface area contributed by atoms with E-state index >= 15 is 0 Å². The molecule has 0 saturated carbocycles. The first kappa shape index (κ1) is 18.8. The summed E-state index contributed by atoms with van der Waals surface area (Å²) in [6, 6.07) is 9.63. The number of furan rings is 1. The van der Waals surface area contributed by atoms with E-state index in [4.69, 9.17) is 8.94 Å². The second-order valence-corrected chi connectivity index (χ2v) is 8.14. The monoisotopic (exact) mass is 389 g/mol. The van der Waals surface area contributed by atoms with Crippen molar-refractivity contribution >= 4 is 15.7 Å². The quantitative estimate of drug-likeness (QED) is 0.660. The summed E-state index contributed by atoms with van der Waals surface area (Å²) in [7, 11) is -3.24. The SMILES string of the molecule is CC(NC(=O)CCc1nc(-c2ccco2)no1)c1ccc(S(C)(=O)=O)cc1. The van der Waals surface area contributed by atoms with Crippen LogP contribution in [0.2, 0.25) is 0 Å². The molecule has 9 heteroatoms. The van der Waals surface area contributed by atoms with Crippen molar-refractivity contribution in [3.63, 3.8) is 0 Å². The summed E-state index contributed by atoms with van der Waals surface area (Å²) in [6.45, 7) is 1.83. The summed E-state index contributed by atoms with van der Waals surface area (Å²) >= 11 is 0. The van der Waals surface area contributed by atoms with Crippen LogP contribution >= 0.6 is 0 Å². The first-order valence-corrected chi connectivity index (χ1v) is 10.2. The second-order valence-electron chi connectivity index (χ2n) is 6.12. The van der Waals surface area contributed by atoms with Crippen molar-refractivity contribution in [1.82, 2.24) is 15.5 Å². The van der Waals surface area contributed by atoms with Crippen molar-refractivity contribution in [2.24, 2.45) is 0 Å². The fraction of sp³-hybridized carbons (Fsp3) is 0.278. The van der Waals surface area contributed by atoms with Crippen molar-refractivity contribution in [1.29, 1.82) is 0 Å². The van der Waals surface area contributed by atoms with Crippen LogP contribution in [-0.2, 0) is 21.1 Å². The summed E-state index contributed by atoms with van der Waals surface area (Å²) in [4.78, 5) is 16.6. The van der Waals surface area contributed by atoms with Gasteiger partial charge in [-0.05, 0) is 36.8 Å². The highest BCUT2D eigenvalue weighted by atomic mass is 32.2. The highest BCUT2D eigenvalue weighted by Crippen LogP contribution is 2.18. The topological polar surface area (TPSA) is 115 Å². The first-order valence-electron chi connectivity index (χ1n) is 8.29. The van der Waals surface area contributed by atoms with E-state index in [1.807, 2.05) is 6.92 Å². The zero-order valence-corrected chi connectivity index (χ0v) is 15.7.